The normalized spacial score (nSPS) is 15.9. The van der Waals surface area contributed by atoms with E-state index >= 15 is 0 Å². The van der Waals surface area contributed by atoms with Gasteiger partial charge in [-0.1, -0.05) is 19.3 Å². The summed E-state index contributed by atoms with van der Waals surface area (Å²) in [6.45, 7) is 4.76. The third kappa shape index (κ3) is 3.50. The minimum Gasteiger partial charge on any atom is -0.370 e. The van der Waals surface area contributed by atoms with Crippen molar-refractivity contribution in [1.29, 1.82) is 0 Å². The SMILES string of the molecule is CCNc1cc(C(=O)N(C)C2CCCCC2)cc(C)n1. The van der Waals surface area contributed by atoms with Crippen molar-refractivity contribution in [3.05, 3.63) is 23.4 Å². The van der Waals surface area contributed by atoms with Gasteiger partial charge in [0.1, 0.15) is 5.82 Å². The molecule has 0 unspecified atom stereocenters. The molecule has 1 saturated carbocycles. The van der Waals surface area contributed by atoms with E-state index in [1.54, 1.807) is 0 Å². The fourth-order valence-corrected chi connectivity index (χ4v) is 2.90. The van der Waals surface area contributed by atoms with Crippen LogP contribution in [-0.4, -0.2) is 35.4 Å². The van der Waals surface area contributed by atoms with E-state index in [2.05, 4.69) is 10.3 Å². The van der Waals surface area contributed by atoms with Crippen molar-refractivity contribution in [2.24, 2.45) is 0 Å². The summed E-state index contributed by atoms with van der Waals surface area (Å²) in [4.78, 5) is 18.9. The Hall–Kier alpha value is -1.58. The topological polar surface area (TPSA) is 45.2 Å². The molecule has 1 aromatic heterocycles. The predicted molar refractivity (Wildman–Crippen MR) is 82.1 cm³/mol. The molecule has 1 amide bonds. The van der Waals surface area contributed by atoms with Crippen LogP contribution in [-0.2, 0) is 0 Å². The monoisotopic (exact) mass is 275 g/mol. The Morgan fingerprint density at radius 1 is 1.35 bits per heavy atom. The number of nitrogens with zero attached hydrogens (tertiary/aromatic N) is 2. The number of anilines is 1. The minimum atomic E-state index is 0.113. The van der Waals surface area contributed by atoms with E-state index in [1.807, 2.05) is 37.9 Å². The van der Waals surface area contributed by atoms with Gasteiger partial charge in [-0.15, -0.1) is 0 Å². The summed E-state index contributed by atoms with van der Waals surface area (Å²) in [5.74, 6) is 0.898. The number of amides is 1. The van der Waals surface area contributed by atoms with Gasteiger partial charge in [0, 0.05) is 30.9 Å². The van der Waals surface area contributed by atoms with Crippen LogP contribution in [0.2, 0.25) is 0 Å². The Balaban J connectivity index is 2.14. The summed E-state index contributed by atoms with van der Waals surface area (Å²) in [5.41, 5.74) is 1.62. The first-order valence-corrected chi connectivity index (χ1v) is 7.61. The summed E-state index contributed by atoms with van der Waals surface area (Å²) >= 11 is 0. The van der Waals surface area contributed by atoms with Crippen molar-refractivity contribution in [3.63, 3.8) is 0 Å². The third-order valence-corrected chi connectivity index (χ3v) is 4.00. The van der Waals surface area contributed by atoms with Crippen molar-refractivity contribution in [3.8, 4) is 0 Å². The molecule has 2 rings (SSSR count). The van der Waals surface area contributed by atoms with Crippen LogP contribution in [0.3, 0.4) is 0 Å². The molecule has 1 fully saturated rings. The lowest BCUT2D eigenvalue weighted by molar-refractivity contribution is 0.0696. The van der Waals surface area contributed by atoms with Crippen LogP contribution in [0.15, 0.2) is 12.1 Å². The number of hydrogen-bond donors (Lipinski definition) is 1. The summed E-state index contributed by atoms with van der Waals surface area (Å²) in [6.07, 6.45) is 6.04. The summed E-state index contributed by atoms with van der Waals surface area (Å²) in [6, 6.07) is 4.13. The summed E-state index contributed by atoms with van der Waals surface area (Å²) in [7, 11) is 1.93. The fraction of sp³-hybridized carbons (Fsp3) is 0.625. The molecule has 0 atom stereocenters. The average molecular weight is 275 g/mol. The zero-order chi connectivity index (χ0) is 14.5. The van der Waals surface area contributed by atoms with Crippen molar-refractivity contribution in [2.75, 3.05) is 18.9 Å². The maximum absolute atomic E-state index is 12.6. The van der Waals surface area contributed by atoms with E-state index in [0.717, 1.165) is 36.5 Å². The number of rotatable bonds is 4. The Labute approximate surface area is 121 Å². The lowest BCUT2D eigenvalue weighted by Gasteiger charge is -2.31. The van der Waals surface area contributed by atoms with E-state index in [1.165, 1.54) is 19.3 Å². The number of pyridine rings is 1. The Morgan fingerprint density at radius 2 is 2.05 bits per heavy atom. The van der Waals surface area contributed by atoms with Crippen LogP contribution in [0.25, 0.3) is 0 Å². The van der Waals surface area contributed by atoms with Gasteiger partial charge in [-0.25, -0.2) is 4.98 Å². The van der Waals surface area contributed by atoms with E-state index in [9.17, 15) is 4.79 Å². The third-order valence-electron chi connectivity index (χ3n) is 4.00. The Bertz CT molecular complexity index is 467. The van der Waals surface area contributed by atoms with Gasteiger partial charge in [-0.05, 0) is 38.8 Å². The molecule has 110 valence electrons. The van der Waals surface area contributed by atoms with Gasteiger partial charge in [0.05, 0.1) is 0 Å². The van der Waals surface area contributed by atoms with Crippen LogP contribution in [0.5, 0.6) is 0 Å². The number of aryl methyl sites for hydroxylation is 1. The van der Waals surface area contributed by atoms with Crippen LogP contribution >= 0.6 is 0 Å². The van der Waals surface area contributed by atoms with Crippen LogP contribution in [0, 0.1) is 6.92 Å². The van der Waals surface area contributed by atoms with E-state index in [-0.39, 0.29) is 5.91 Å². The molecule has 0 bridgehead atoms. The molecule has 0 aromatic carbocycles. The highest BCUT2D eigenvalue weighted by molar-refractivity contribution is 5.95. The zero-order valence-corrected chi connectivity index (χ0v) is 12.8. The van der Waals surface area contributed by atoms with Crippen LogP contribution in [0.4, 0.5) is 5.82 Å². The van der Waals surface area contributed by atoms with Gasteiger partial charge in [0.2, 0.25) is 0 Å². The van der Waals surface area contributed by atoms with Crippen molar-refractivity contribution in [2.45, 2.75) is 52.0 Å². The van der Waals surface area contributed by atoms with Crippen LogP contribution in [0.1, 0.15) is 55.1 Å². The molecule has 1 aliphatic carbocycles. The first-order valence-electron chi connectivity index (χ1n) is 7.61. The lowest BCUT2D eigenvalue weighted by atomic mass is 9.94. The molecule has 1 N–H and O–H groups in total. The molecule has 0 aliphatic heterocycles. The van der Waals surface area contributed by atoms with Crippen molar-refractivity contribution < 1.29 is 4.79 Å². The molecule has 4 heteroatoms. The van der Waals surface area contributed by atoms with Gasteiger partial charge in [0.25, 0.3) is 5.91 Å². The smallest absolute Gasteiger partial charge is 0.254 e. The highest BCUT2D eigenvalue weighted by Gasteiger charge is 2.23. The quantitative estimate of drug-likeness (QED) is 0.917. The largest absolute Gasteiger partial charge is 0.370 e. The maximum atomic E-state index is 12.6. The molecular formula is C16H25N3O. The number of carbonyl (C=O) groups excluding carboxylic acids is 1. The van der Waals surface area contributed by atoms with Gasteiger partial charge in [0.15, 0.2) is 0 Å². The summed E-state index contributed by atoms with van der Waals surface area (Å²) in [5, 5.41) is 3.18. The van der Waals surface area contributed by atoms with Gasteiger partial charge >= 0.3 is 0 Å². The Kier molecular flexibility index (Phi) is 4.99. The van der Waals surface area contributed by atoms with E-state index < -0.39 is 0 Å². The van der Waals surface area contributed by atoms with Gasteiger partial charge < -0.3 is 10.2 Å². The number of hydrogen-bond acceptors (Lipinski definition) is 3. The molecule has 0 saturated heterocycles. The standard InChI is InChI=1S/C16H25N3O/c1-4-17-15-11-13(10-12(2)18-15)16(20)19(3)14-8-6-5-7-9-14/h10-11,14H,4-9H2,1-3H3,(H,17,18). The number of nitrogens with one attached hydrogen (secondary N) is 1. The molecule has 4 nitrogen and oxygen atoms in total. The first kappa shape index (κ1) is 14.8. The minimum absolute atomic E-state index is 0.113. The molecular weight excluding hydrogens is 250 g/mol. The number of carbonyl (C=O) groups is 1. The maximum Gasteiger partial charge on any atom is 0.254 e. The van der Waals surface area contributed by atoms with Gasteiger partial charge in [-0.2, -0.15) is 0 Å². The predicted octanol–water partition coefficient (Wildman–Crippen LogP) is 3.23. The molecule has 1 aliphatic rings. The zero-order valence-electron chi connectivity index (χ0n) is 12.8. The number of aromatic nitrogens is 1. The van der Waals surface area contributed by atoms with Crippen molar-refractivity contribution >= 4 is 11.7 Å². The van der Waals surface area contributed by atoms with E-state index in [0.29, 0.717) is 6.04 Å². The van der Waals surface area contributed by atoms with Crippen LogP contribution < -0.4 is 5.32 Å². The molecule has 1 heterocycles. The van der Waals surface area contributed by atoms with E-state index in [4.69, 9.17) is 0 Å². The molecule has 0 radical (unpaired) electrons. The second-order valence-corrected chi connectivity index (χ2v) is 5.62. The van der Waals surface area contributed by atoms with Gasteiger partial charge in [-0.3, -0.25) is 4.79 Å². The lowest BCUT2D eigenvalue weighted by Crippen LogP contribution is -2.38. The first-order chi connectivity index (χ1) is 9.61. The van der Waals surface area contributed by atoms with Crippen molar-refractivity contribution in [1.82, 2.24) is 9.88 Å². The highest BCUT2D eigenvalue weighted by atomic mass is 16.2. The fourth-order valence-electron chi connectivity index (χ4n) is 2.90. The molecule has 0 spiro atoms. The molecule has 1 aromatic rings. The summed E-state index contributed by atoms with van der Waals surface area (Å²) < 4.78 is 0. The second kappa shape index (κ2) is 6.73. The highest BCUT2D eigenvalue weighted by Crippen LogP contribution is 2.23. The average Bonchev–Trinajstić information content (AvgIpc) is 2.46. The second-order valence-electron chi connectivity index (χ2n) is 5.62. The molecule has 20 heavy (non-hydrogen) atoms. The Morgan fingerprint density at radius 3 is 2.70 bits per heavy atom.